The molecule has 0 spiro atoms. The van der Waals surface area contributed by atoms with Gasteiger partial charge in [0.2, 0.25) is 0 Å². The standard InChI is InChI=1S/C22H30N4O4/c1-5-23-22(26-15-16-6-11-19(29-3)20(14-16)30-4)25-13-12-24-21(27)17-7-9-18(28-2)10-8-17/h6-11,14H,5,12-13,15H2,1-4H3,(H,24,27)(H2,23,25,26). The first-order valence-corrected chi connectivity index (χ1v) is 9.76. The van der Waals surface area contributed by atoms with Crippen molar-refractivity contribution in [1.82, 2.24) is 16.0 Å². The van der Waals surface area contributed by atoms with E-state index in [0.717, 1.165) is 12.1 Å². The highest BCUT2D eigenvalue weighted by molar-refractivity contribution is 5.94. The van der Waals surface area contributed by atoms with Crippen molar-refractivity contribution < 1.29 is 19.0 Å². The lowest BCUT2D eigenvalue weighted by Crippen LogP contribution is -2.41. The van der Waals surface area contributed by atoms with Gasteiger partial charge in [0, 0.05) is 25.2 Å². The van der Waals surface area contributed by atoms with Gasteiger partial charge in [-0.2, -0.15) is 0 Å². The van der Waals surface area contributed by atoms with E-state index in [4.69, 9.17) is 14.2 Å². The molecule has 0 heterocycles. The topological polar surface area (TPSA) is 93.2 Å². The van der Waals surface area contributed by atoms with Crippen LogP contribution in [0.4, 0.5) is 0 Å². The highest BCUT2D eigenvalue weighted by Crippen LogP contribution is 2.27. The largest absolute Gasteiger partial charge is 0.497 e. The van der Waals surface area contributed by atoms with Gasteiger partial charge in [0.15, 0.2) is 17.5 Å². The maximum absolute atomic E-state index is 12.2. The van der Waals surface area contributed by atoms with Crippen LogP contribution in [0.3, 0.4) is 0 Å². The SMILES string of the molecule is CCNC(=NCc1ccc(OC)c(OC)c1)NCCNC(=O)c1ccc(OC)cc1. The van der Waals surface area contributed by atoms with Crippen molar-refractivity contribution in [3.8, 4) is 17.2 Å². The van der Waals surface area contributed by atoms with Crippen molar-refractivity contribution >= 4 is 11.9 Å². The number of nitrogens with zero attached hydrogens (tertiary/aromatic N) is 1. The van der Waals surface area contributed by atoms with E-state index in [2.05, 4.69) is 20.9 Å². The summed E-state index contributed by atoms with van der Waals surface area (Å²) in [4.78, 5) is 16.8. The van der Waals surface area contributed by atoms with Crippen LogP contribution >= 0.6 is 0 Å². The Morgan fingerprint density at radius 1 is 0.867 bits per heavy atom. The Balaban J connectivity index is 1.85. The molecule has 2 aromatic rings. The third-order valence-electron chi connectivity index (χ3n) is 4.27. The van der Waals surface area contributed by atoms with Gasteiger partial charge in [-0.15, -0.1) is 0 Å². The molecule has 2 rings (SSSR count). The number of hydrogen-bond acceptors (Lipinski definition) is 5. The van der Waals surface area contributed by atoms with Gasteiger partial charge in [-0.1, -0.05) is 6.07 Å². The summed E-state index contributed by atoms with van der Waals surface area (Å²) < 4.78 is 15.7. The van der Waals surface area contributed by atoms with Crippen molar-refractivity contribution in [2.24, 2.45) is 4.99 Å². The number of benzene rings is 2. The van der Waals surface area contributed by atoms with Crippen LogP contribution in [0.15, 0.2) is 47.5 Å². The van der Waals surface area contributed by atoms with Crippen LogP contribution < -0.4 is 30.2 Å². The first-order valence-electron chi connectivity index (χ1n) is 9.76. The Morgan fingerprint density at radius 2 is 1.57 bits per heavy atom. The molecule has 0 aliphatic carbocycles. The second kappa shape index (κ2) is 12.2. The molecule has 0 unspecified atom stereocenters. The predicted octanol–water partition coefficient (Wildman–Crippen LogP) is 2.20. The Bertz CT molecular complexity index is 838. The Morgan fingerprint density at radius 3 is 2.20 bits per heavy atom. The number of rotatable bonds is 10. The normalized spacial score (nSPS) is 10.9. The van der Waals surface area contributed by atoms with E-state index in [1.807, 2.05) is 25.1 Å². The van der Waals surface area contributed by atoms with Crippen molar-refractivity contribution in [3.63, 3.8) is 0 Å². The number of ether oxygens (including phenoxy) is 3. The minimum Gasteiger partial charge on any atom is -0.497 e. The summed E-state index contributed by atoms with van der Waals surface area (Å²) in [6.07, 6.45) is 0. The Labute approximate surface area is 177 Å². The molecule has 30 heavy (non-hydrogen) atoms. The van der Waals surface area contributed by atoms with E-state index in [1.54, 1.807) is 45.6 Å². The van der Waals surface area contributed by atoms with Crippen LogP contribution in [0, 0.1) is 0 Å². The molecule has 0 radical (unpaired) electrons. The average molecular weight is 415 g/mol. The smallest absolute Gasteiger partial charge is 0.251 e. The Hall–Kier alpha value is -3.42. The third-order valence-corrected chi connectivity index (χ3v) is 4.27. The highest BCUT2D eigenvalue weighted by Gasteiger charge is 2.06. The summed E-state index contributed by atoms with van der Waals surface area (Å²) in [6, 6.07) is 12.7. The van der Waals surface area contributed by atoms with E-state index in [0.29, 0.717) is 48.4 Å². The number of methoxy groups -OCH3 is 3. The molecule has 0 bridgehead atoms. The molecule has 8 nitrogen and oxygen atoms in total. The molecule has 2 aromatic carbocycles. The summed E-state index contributed by atoms with van der Waals surface area (Å²) in [7, 11) is 4.81. The lowest BCUT2D eigenvalue weighted by Gasteiger charge is -2.13. The van der Waals surface area contributed by atoms with E-state index in [1.165, 1.54) is 0 Å². The van der Waals surface area contributed by atoms with Crippen LogP contribution in [0.5, 0.6) is 17.2 Å². The molecule has 0 saturated carbocycles. The van der Waals surface area contributed by atoms with Crippen LogP contribution in [-0.4, -0.2) is 52.8 Å². The van der Waals surface area contributed by atoms with Gasteiger partial charge < -0.3 is 30.2 Å². The molecule has 0 aromatic heterocycles. The minimum atomic E-state index is -0.133. The van der Waals surface area contributed by atoms with Gasteiger partial charge in [0.1, 0.15) is 5.75 Å². The van der Waals surface area contributed by atoms with Gasteiger partial charge in [0.25, 0.3) is 5.91 Å². The molecule has 0 fully saturated rings. The zero-order chi connectivity index (χ0) is 21.8. The molecular weight excluding hydrogens is 384 g/mol. The van der Waals surface area contributed by atoms with E-state index in [9.17, 15) is 4.79 Å². The van der Waals surface area contributed by atoms with Gasteiger partial charge in [-0.25, -0.2) is 4.99 Å². The van der Waals surface area contributed by atoms with Gasteiger partial charge >= 0.3 is 0 Å². The summed E-state index contributed by atoms with van der Waals surface area (Å²) in [5, 5.41) is 9.29. The van der Waals surface area contributed by atoms with Crippen molar-refractivity contribution in [3.05, 3.63) is 53.6 Å². The maximum atomic E-state index is 12.2. The van der Waals surface area contributed by atoms with Crippen LogP contribution in [0.2, 0.25) is 0 Å². The lowest BCUT2D eigenvalue weighted by atomic mass is 10.2. The predicted molar refractivity (Wildman–Crippen MR) is 118 cm³/mol. The molecule has 162 valence electrons. The molecule has 0 aliphatic heterocycles. The van der Waals surface area contributed by atoms with E-state index < -0.39 is 0 Å². The zero-order valence-corrected chi connectivity index (χ0v) is 18.0. The number of guanidine groups is 1. The fourth-order valence-electron chi connectivity index (χ4n) is 2.69. The van der Waals surface area contributed by atoms with E-state index in [-0.39, 0.29) is 5.91 Å². The molecule has 1 amide bonds. The fraction of sp³-hybridized carbons (Fsp3) is 0.364. The monoisotopic (exact) mass is 414 g/mol. The second-order valence-corrected chi connectivity index (χ2v) is 6.30. The van der Waals surface area contributed by atoms with Gasteiger partial charge in [0.05, 0.1) is 27.9 Å². The van der Waals surface area contributed by atoms with Crippen LogP contribution in [0.25, 0.3) is 0 Å². The molecule has 8 heteroatoms. The highest BCUT2D eigenvalue weighted by atomic mass is 16.5. The minimum absolute atomic E-state index is 0.133. The van der Waals surface area contributed by atoms with Crippen LogP contribution in [0.1, 0.15) is 22.8 Å². The van der Waals surface area contributed by atoms with Crippen molar-refractivity contribution in [1.29, 1.82) is 0 Å². The number of nitrogens with one attached hydrogen (secondary N) is 3. The quantitative estimate of drug-likeness (QED) is 0.314. The lowest BCUT2D eigenvalue weighted by molar-refractivity contribution is 0.0954. The third kappa shape index (κ3) is 6.88. The zero-order valence-electron chi connectivity index (χ0n) is 18.0. The summed E-state index contributed by atoms with van der Waals surface area (Å²) in [6.45, 7) is 4.22. The average Bonchev–Trinajstić information content (AvgIpc) is 2.79. The van der Waals surface area contributed by atoms with Gasteiger partial charge in [-0.05, 0) is 48.9 Å². The summed E-state index contributed by atoms with van der Waals surface area (Å²) in [5.41, 5.74) is 1.59. The number of hydrogen-bond donors (Lipinski definition) is 3. The van der Waals surface area contributed by atoms with Crippen LogP contribution in [-0.2, 0) is 6.54 Å². The number of aliphatic imine (C=N–C) groups is 1. The summed E-state index contributed by atoms with van der Waals surface area (Å²) >= 11 is 0. The number of carbonyl (C=O) groups is 1. The van der Waals surface area contributed by atoms with Crippen molar-refractivity contribution in [2.45, 2.75) is 13.5 Å². The number of carbonyl (C=O) groups excluding carboxylic acids is 1. The summed E-state index contributed by atoms with van der Waals surface area (Å²) in [5.74, 6) is 2.61. The Kier molecular flexibility index (Phi) is 9.30. The molecule has 0 aliphatic rings. The van der Waals surface area contributed by atoms with Crippen molar-refractivity contribution in [2.75, 3.05) is 41.0 Å². The maximum Gasteiger partial charge on any atom is 0.251 e. The van der Waals surface area contributed by atoms with Gasteiger partial charge in [-0.3, -0.25) is 4.79 Å². The first-order chi connectivity index (χ1) is 14.6. The number of amides is 1. The van der Waals surface area contributed by atoms with E-state index >= 15 is 0 Å². The molecular formula is C22H30N4O4. The second-order valence-electron chi connectivity index (χ2n) is 6.30. The molecule has 0 saturated heterocycles. The molecule has 3 N–H and O–H groups in total. The first kappa shape index (κ1) is 22.9. The fourth-order valence-corrected chi connectivity index (χ4v) is 2.69. The molecule has 0 atom stereocenters.